The van der Waals surface area contributed by atoms with Gasteiger partial charge >= 0.3 is 0 Å². The van der Waals surface area contributed by atoms with Gasteiger partial charge in [-0.2, -0.15) is 0 Å². The van der Waals surface area contributed by atoms with Crippen LogP contribution in [-0.2, 0) is 4.74 Å². The van der Waals surface area contributed by atoms with Gasteiger partial charge in [0.15, 0.2) is 0 Å². The maximum atomic E-state index is 10.1. The molecule has 0 aliphatic carbocycles. The van der Waals surface area contributed by atoms with Crippen molar-refractivity contribution < 1.29 is 14.6 Å². The van der Waals surface area contributed by atoms with Crippen molar-refractivity contribution >= 4 is 0 Å². The van der Waals surface area contributed by atoms with Crippen molar-refractivity contribution in [2.45, 2.75) is 45.0 Å². The summed E-state index contributed by atoms with van der Waals surface area (Å²) in [5, 5.41) is 13.4. The Morgan fingerprint density at radius 2 is 1.85 bits per heavy atom. The zero-order valence-electron chi connectivity index (χ0n) is 12.8. The molecule has 0 amide bonds. The van der Waals surface area contributed by atoms with E-state index in [1.165, 1.54) is 0 Å². The third-order valence-electron chi connectivity index (χ3n) is 4.03. The molecule has 1 aromatic carbocycles. The van der Waals surface area contributed by atoms with Crippen LogP contribution in [0.1, 0.15) is 39.4 Å². The van der Waals surface area contributed by atoms with E-state index in [-0.39, 0.29) is 6.10 Å². The second kappa shape index (κ2) is 5.72. The summed E-state index contributed by atoms with van der Waals surface area (Å²) in [6.07, 6.45) is 0.111. The molecular formula is C16H25NO3. The largest absolute Gasteiger partial charge is 0.485 e. The normalized spacial score (nSPS) is 20.8. The van der Waals surface area contributed by atoms with E-state index in [1.807, 2.05) is 38.1 Å². The number of ether oxygens (including phenoxy) is 2. The van der Waals surface area contributed by atoms with Gasteiger partial charge in [-0.15, -0.1) is 0 Å². The van der Waals surface area contributed by atoms with Gasteiger partial charge in [0.25, 0.3) is 0 Å². The van der Waals surface area contributed by atoms with Crippen molar-refractivity contribution in [1.82, 2.24) is 5.32 Å². The fraction of sp³-hybridized carbons (Fsp3) is 0.625. The highest BCUT2D eigenvalue weighted by Gasteiger charge is 2.37. The van der Waals surface area contributed by atoms with E-state index >= 15 is 0 Å². The van der Waals surface area contributed by atoms with Crippen LogP contribution in [0.5, 0.6) is 5.75 Å². The average Bonchev–Trinajstić information content (AvgIpc) is 2.39. The maximum Gasteiger partial charge on any atom is 0.131 e. The molecule has 112 valence electrons. The molecule has 1 heterocycles. The van der Waals surface area contributed by atoms with Gasteiger partial charge in [-0.25, -0.2) is 0 Å². The number of aliphatic hydroxyl groups is 1. The molecule has 0 bridgehead atoms. The lowest BCUT2D eigenvalue weighted by atomic mass is 9.89. The van der Waals surface area contributed by atoms with Gasteiger partial charge in [-0.3, -0.25) is 0 Å². The monoisotopic (exact) mass is 279 g/mol. The third kappa shape index (κ3) is 3.51. The van der Waals surface area contributed by atoms with Gasteiger partial charge in [0.1, 0.15) is 11.4 Å². The minimum atomic E-state index is -0.915. The van der Waals surface area contributed by atoms with E-state index in [0.29, 0.717) is 0 Å². The van der Waals surface area contributed by atoms with Crippen molar-refractivity contribution in [2.24, 2.45) is 0 Å². The summed E-state index contributed by atoms with van der Waals surface area (Å²) in [7, 11) is 0. The fourth-order valence-electron chi connectivity index (χ4n) is 1.95. The van der Waals surface area contributed by atoms with Crippen LogP contribution in [0.4, 0.5) is 0 Å². The fourth-order valence-corrected chi connectivity index (χ4v) is 1.95. The van der Waals surface area contributed by atoms with Crippen LogP contribution in [0.2, 0.25) is 0 Å². The summed E-state index contributed by atoms with van der Waals surface area (Å²) in [4.78, 5) is 0. The molecule has 2 rings (SSSR count). The SMILES string of the molecule is CC(C)(O)C(C)(C)Oc1ccc(C2CNCCO2)cc1. The van der Waals surface area contributed by atoms with E-state index in [0.717, 1.165) is 31.0 Å². The zero-order chi connectivity index (χ0) is 14.8. The molecule has 2 N–H and O–H groups in total. The summed E-state index contributed by atoms with van der Waals surface area (Å²) >= 11 is 0. The van der Waals surface area contributed by atoms with Gasteiger partial charge in [0, 0.05) is 13.1 Å². The maximum absolute atomic E-state index is 10.1. The lowest BCUT2D eigenvalue weighted by Gasteiger charge is -2.37. The Hall–Kier alpha value is -1.10. The second-order valence-corrected chi connectivity index (χ2v) is 6.30. The van der Waals surface area contributed by atoms with Crippen LogP contribution in [0.15, 0.2) is 24.3 Å². The first-order valence-electron chi connectivity index (χ1n) is 7.13. The number of nitrogens with one attached hydrogen (secondary N) is 1. The van der Waals surface area contributed by atoms with Crippen LogP contribution in [-0.4, -0.2) is 36.0 Å². The minimum Gasteiger partial charge on any atom is -0.485 e. The minimum absolute atomic E-state index is 0.111. The number of morpholine rings is 1. The highest BCUT2D eigenvalue weighted by Crippen LogP contribution is 2.29. The van der Waals surface area contributed by atoms with Crippen molar-refractivity contribution in [3.8, 4) is 5.75 Å². The highest BCUT2D eigenvalue weighted by molar-refractivity contribution is 5.29. The van der Waals surface area contributed by atoms with Gasteiger partial charge < -0.3 is 19.9 Å². The van der Waals surface area contributed by atoms with Gasteiger partial charge in [-0.05, 0) is 45.4 Å². The Balaban J connectivity index is 2.05. The lowest BCUT2D eigenvalue weighted by molar-refractivity contribution is -0.0906. The smallest absolute Gasteiger partial charge is 0.131 e. The molecule has 1 fully saturated rings. The highest BCUT2D eigenvalue weighted by atomic mass is 16.5. The molecule has 4 heteroatoms. The van der Waals surface area contributed by atoms with Crippen molar-refractivity contribution in [3.05, 3.63) is 29.8 Å². The molecule has 0 radical (unpaired) electrons. The summed E-state index contributed by atoms with van der Waals surface area (Å²) in [5.41, 5.74) is -0.426. The van der Waals surface area contributed by atoms with Crippen LogP contribution in [0.25, 0.3) is 0 Å². The third-order valence-corrected chi connectivity index (χ3v) is 4.03. The Morgan fingerprint density at radius 3 is 2.35 bits per heavy atom. The molecule has 1 atom stereocenters. The molecule has 20 heavy (non-hydrogen) atoms. The van der Waals surface area contributed by atoms with Gasteiger partial charge in [0.2, 0.25) is 0 Å². The molecule has 1 aliphatic rings. The predicted octanol–water partition coefficient (Wildman–Crippen LogP) is 2.28. The van der Waals surface area contributed by atoms with E-state index in [1.54, 1.807) is 13.8 Å². The standard InChI is InChI=1S/C16H25NO3/c1-15(2,18)16(3,4)20-13-7-5-12(6-8-13)14-11-17-9-10-19-14/h5-8,14,17-18H,9-11H2,1-4H3. The topological polar surface area (TPSA) is 50.7 Å². The first-order chi connectivity index (χ1) is 9.29. The molecule has 1 aromatic rings. The molecule has 0 aromatic heterocycles. The number of benzene rings is 1. The lowest BCUT2D eigenvalue weighted by Crippen LogP contribution is -2.49. The Kier molecular flexibility index (Phi) is 4.37. The van der Waals surface area contributed by atoms with E-state index in [9.17, 15) is 5.11 Å². The summed E-state index contributed by atoms with van der Waals surface area (Å²) in [6.45, 7) is 9.78. The van der Waals surface area contributed by atoms with Crippen LogP contribution >= 0.6 is 0 Å². The zero-order valence-corrected chi connectivity index (χ0v) is 12.8. The van der Waals surface area contributed by atoms with Gasteiger partial charge in [0.05, 0.1) is 18.3 Å². The first-order valence-corrected chi connectivity index (χ1v) is 7.13. The Bertz CT molecular complexity index is 428. The first kappa shape index (κ1) is 15.3. The second-order valence-electron chi connectivity index (χ2n) is 6.30. The molecule has 1 aliphatic heterocycles. The number of rotatable bonds is 4. The van der Waals surface area contributed by atoms with Crippen LogP contribution < -0.4 is 10.1 Å². The van der Waals surface area contributed by atoms with Crippen LogP contribution in [0.3, 0.4) is 0 Å². The number of hydrogen-bond donors (Lipinski definition) is 2. The van der Waals surface area contributed by atoms with Crippen molar-refractivity contribution in [2.75, 3.05) is 19.7 Å². The molecule has 0 saturated carbocycles. The van der Waals surface area contributed by atoms with Crippen molar-refractivity contribution in [1.29, 1.82) is 0 Å². The predicted molar refractivity (Wildman–Crippen MR) is 79.0 cm³/mol. The van der Waals surface area contributed by atoms with E-state index in [2.05, 4.69) is 5.32 Å². The van der Waals surface area contributed by atoms with Crippen molar-refractivity contribution in [3.63, 3.8) is 0 Å². The van der Waals surface area contributed by atoms with E-state index in [4.69, 9.17) is 9.47 Å². The molecule has 0 spiro atoms. The van der Waals surface area contributed by atoms with Crippen LogP contribution in [0, 0.1) is 0 Å². The molecular weight excluding hydrogens is 254 g/mol. The Morgan fingerprint density at radius 1 is 1.20 bits per heavy atom. The number of hydrogen-bond acceptors (Lipinski definition) is 4. The van der Waals surface area contributed by atoms with E-state index < -0.39 is 11.2 Å². The summed E-state index contributed by atoms with van der Waals surface area (Å²) < 4.78 is 11.6. The molecule has 1 unspecified atom stereocenters. The summed E-state index contributed by atoms with van der Waals surface area (Å²) in [6, 6.07) is 7.91. The average molecular weight is 279 g/mol. The van der Waals surface area contributed by atoms with Gasteiger partial charge in [-0.1, -0.05) is 12.1 Å². The quantitative estimate of drug-likeness (QED) is 0.888. The Labute approximate surface area is 121 Å². The summed E-state index contributed by atoms with van der Waals surface area (Å²) in [5.74, 6) is 0.754. The molecule has 1 saturated heterocycles. The molecule has 4 nitrogen and oxygen atoms in total.